The van der Waals surface area contributed by atoms with Gasteiger partial charge in [0.1, 0.15) is 5.82 Å². The van der Waals surface area contributed by atoms with Gasteiger partial charge in [0.15, 0.2) is 0 Å². The smallest absolute Gasteiger partial charge is 0.254 e. The maximum Gasteiger partial charge on any atom is 0.254 e. The summed E-state index contributed by atoms with van der Waals surface area (Å²) in [6.45, 7) is 7.01. The number of nitrogens with zero attached hydrogens (tertiary/aromatic N) is 2. The molecule has 1 atom stereocenters. The number of rotatable bonds is 2. The number of amides is 1. The summed E-state index contributed by atoms with van der Waals surface area (Å²) < 4.78 is 0. The molecule has 104 valence electrons. The lowest BCUT2D eigenvalue weighted by atomic mass is 10.1. The zero-order valence-corrected chi connectivity index (χ0v) is 12.5. The Kier molecular flexibility index (Phi) is 4.34. The molecular weight excluding hydrogens is 258 g/mol. The Labute approximate surface area is 118 Å². The summed E-state index contributed by atoms with van der Waals surface area (Å²) in [6, 6.07) is 3.84. The lowest BCUT2D eigenvalue weighted by molar-refractivity contribution is 0.0716. The highest BCUT2D eigenvalue weighted by Gasteiger charge is 2.25. The number of pyridine rings is 1. The molecule has 0 aromatic carbocycles. The second-order valence-corrected chi connectivity index (χ2v) is 6.43. The van der Waals surface area contributed by atoms with Crippen LogP contribution in [0.1, 0.15) is 42.7 Å². The molecule has 2 N–H and O–H groups in total. The fourth-order valence-corrected chi connectivity index (χ4v) is 3.20. The molecule has 1 aliphatic heterocycles. The number of anilines is 1. The van der Waals surface area contributed by atoms with E-state index in [9.17, 15) is 4.79 Å². The van der Waals surface area contributed by atoms with Crippen molar-refractivity contribution in [1.82, 2.24) is 9.88 Å². The quantitative estimate of drug-likeness (QED) is 0.903. The van der Waals surface area contributed by atoms with Gasteiger partial charge in [-0.05, 0) is 25.0 Å². The molecule has 0 spiro atoms. The van der Waals surface area contributed by atoms with Crippen LogP contribution >= 0.6 is 11.8 Å². The number of carbonyl (C=O) groups is 1. The summed E-state index contributed by atoms with van der Waals surface area (Å²) in [4.78, 5) is 18.8. The van der Waals surface area contributed by atoms with Gasteiger partial charge >= 0.3 is 0 Å². The van der Waals surface area contributed by atoms with Gasteiger partial charge in [0, 0.05) is 35.3 Å². The topological polar surface area (TPSA) is 59.2 Å². The van der Waals surface area contributed by atoms with Gasteiger partial charge in [-0.15, -0.1) is 0 Å². The van der Waals surface area contributed by atoms with Crippen molar-refractivity contribution in [3.05, 3.63) is 23.4 Å². The number of hydrogen-bond donors (Lipinski definition) is 1. The lowest BCUT2D eigenvalue weighted by Gasteiger charge is -2.33. The lowest BCUT2D eigenvalue weighted by Crippen LogP contribution is -2.44. The number of aromatic nitrogens is 1. The van der Waals surface area contributed by atoms with Crippen molar-refractivity contribution in [1.29, 1.82) is 0 Å². The van der Waals surface area contributed by atoms with E-state index >= 15 is 0 Å². The van der Waals surface area contributed by atoms with Crippen molar-refractivity contribution in [2.75, 3.05) is 23.8 Å². The minimum atomic E-state index is 0.0730. The van der Waals surface area contributed by atoms with Crippen LogP contribution in [0.5, 0.6) is 0 Å². The average molecular weight is 279 g/mol. The van der Waals surface area contributed by atoms with Crippen molar-refractivity contribution in [2.24, 2.45) is 0 Å². The largest absolute Gasteiger partial charge is 0.384 e. The van der Waals surface area contributed by atoms with Crippen LogP contribution in [0.2, 0.25) is 0 Å². The Morgan fingerprint density at radius 2 is 2.26 bits per heavy atom. The molecule has 0 aliphatic carbocycles. The molecule has 0 saturated carbocycles. The van der Waals surface area contributed by atoms with E-state index in [-0.39, 0.29) is 17.9 Å². The Hall–Kier alpha value is -1.23. The minimum absolute atomic E-state index is 0.0730. The molecule has 1 aliphatic rings. The molecule has 1 saturated heterocycles. The first kappa shape index (κ1) is 14.2. The monoisotopic (exact) mass is 279 g/mol. The van der Waals surface area contributed by atoms with E-state index in [0.717, 1.165) is 23.7 Å². The Bertz CT molecular complexity index is 476. The summed E-state index contributed by atoms with van der Waals surface area (Å²) in [5.74, 6) is 2.78. The highest BCUT2D eigenvalue weighted by Crippen LogP contribution is 2.21. The van der Waals surface area contributed by atoms with E-state index in [1.807, 2.05) is 22.7 Å². The van der Waals surface area contributed by atoms with E-state index in [1.165, 1.54) is 0 Å². The van der Waals surface area contributed by atoms with Crippen LogP contribution in [-0.2, 0) is 0 Å². The van der Waals surface area contributed by atoms with Crippen molar-refractivity contribution in [3.63, 3.8) is 0 Å². The third kappa shape index (κ3) is 3.21. The summed E-state index contributed by atoms with van der Waals surface area (Å²) in [7, 11) is 0. The maximum atomic E-state index is 12.6. The maximum absolute atomic E-state index is 12.6. The van der Waals surface area contributed by atoms with Crippen LogP contribution < -0.4 is 5.73 Å². The fraction of sp³-hybridized carbons (Fsp3) is 0.571. The highest BCUT2D eigenvalue weighted by atomic mass is 32.2. The van der Waals surface area contributed by atoms with Gasteiger partial charge < -0.3 is 10.6 Å². The molecule has 1 aromatic rings. The molecule has 19 heavy (non-hydrogen) atoms. The van der Waals surface area contributed by atoms with Crippen LogP contribution in [0, 0.1) is 0 Å². The molecule has 5 heteroatoms. The molecule has 0 radical (unpaired) electrons. The third-order valence-electron chi connectivity index (χ3n) is 3.33. The molecule has 1 fully saturated rings. The number of carbonyl (C=O) groups excluding carboxylic acids is 1. The SMILES string of the molecule is CC(C)c1cc(C(=O)N2CCSCC2C)cc(N)n1. The summed E-state index contributed by atoms with van der Waals surface area (Å²) in [5, 5.41) is 0. The third-order valence-corrected chi connectivity index (χ3v) is 4.52. The number of thioether (sulfide) groups is 1. The van der Waals surface area contributed by atoms with Gasteiger partial charge in [-0.3, -0.25) is 4.79 Å². The minimum Gasteiger partial charge on any atom is -0.384 e. The molecule has 1 aromatic heterocycles. The van der Waals surface area contributed by atoms with Gasteiger partial charge in [-0.2, -0.15) is 11.8 Å². The number of nitrogen functional groups attached to an aromatic ring is 1. The molecule has 1 amide bonds. The standard InChI is InChI=1S/C14H21N3OS/c1-9(2)12-6-11(7-13(15)16-12)14(18)17-4-5-19-8-10(17)3/h6-7,9-10H,4-5,8H2,1-3H3,(H2,15,16). The van der Waals surface area contributed by atoms with Crippen LogP contribution in [0.4, 0.5) is 5.82 Å². The normalized spacial score (nSPS) is 19.8. The van der Waals surface area contributed by atoms with Gasteiger partial charge in [0.25, 0.3) is 5.91 Å². The van der Waals surface area contributed by atoms with Gasteiger partial charge in [0.05, 0.1) is 0 Å². The van der Waals surface area contributed by atoms with E-state index in [1.54, 1.807) is 6.07 Å². The first-order valence-corrected chi connectivity index (χ1v) is 7.80. The van der Waals surface area contributed by atoms with Crippen molar-refractivity contribution in [3.8, 4) is 0 Å². The fourth-order valence-electron chi connectivity index (χ4n) is 2.19. The van der Waals surface area contributed by atoms with E-state index in [2.05, 4.69) is 25.8 Å². The van der Waals surface area contributed by atoms with Crippen LogP contribution in [-0.4, -0.2) is 39.9 Å². The predicted octanol–water partition coefficient (Wildman–Crippen LogP) is 2.36. The summed E-state index contributed by atoms with van der Waals surface area (Å²) in [6.07, 6.45) is 0. The Morgan fingerprint density at radius 3 is 2.89 bits per heavy atom. The Balaban J connectivity index is 2.27. The molecule has 4 nitrogen and oxygen atoms in total. The average Bonchev–Trinajstić information content (AvgIpc) is 2.37. The Morgan fingerprint density at radius 1 is 1.53 bits per heavy atom. The molecule has 1 unspecified atom stereocenters. The zero-order valence-electron chi connectivity index (χ0n) is 11.7. The first-order chi connectivity index (χ1) is 8.99. The number of nitrogens with two attached hydrogens (primary N) is 1. The molecule has 2 heterocycles. The summed E-state index contributed by atoms with van der Waals surface area (Å²) >= 11 is 1.90. The number of hydrogen-bond acceptors (Lipinski definition) is 4. The van der Waals surface area contributed by atoms with Crippen LogP contribution in [0.15, 0.2) is 12.1 Å². The summed E-state index contributed by atoms with van der Waals surface area (Å²) in [5.41, 5.74) is 7.35. The van der Waals surface area contributed by atoms with E-state index in [0.29, 0.717) is 11.4 Å². The van der Waals surface area contributed by atoms with Gasteiger partial charge in [0.2, 0.25) is 0 Å². The molecular formula is C14H21N3OS. The van der Waals surface area contributed by atoms with E-state index in [4.69, 9.17) is 5.73 Å². The second-order valence-electron chi connectivity index (χ2n) is 5.28. The zero-order chi connectivity index (χ0) is 14.0. The molecule has 2 rings (SSSR count). The van der Waals surface area contributed by atoms with Gasteiger partial charge in [-0.1, -0.05) is 13.8 Å². The van der Waals surface area contributed by atoms with Crippen molar-refractivity contribution >= 4 is 23.5 Å². The predicted molar refractivity (Wildman–Crippen MR) is 80.6 cm³/mol. The van der Waals surface area contributed by atoms with Crippen LogP contribution in [0.25, 0.3) is 0 Å². The van der Waals surface area contributed by atoms with Crippen LogP contribution in [0.3, 0.4) is 0 Å². The highest BCUT2D eigenvalue weighted by molar-refractivity contribution is 7.99. The van der Waals surface area contributed by atoms with E-state index < -0.39 is 0 Å². The first-order valence-electron chi connectivity index (χ1n) is 6.65. The van der Waals surface area contributed by atoms with Crippen molar-refractivity contribution in [2.45, 2.75) is 32.7 Å². The van der Waals surface area contributed by atoms with Crippen molar-refractivity contribution < 1.29 is 4.79 Å². The second kappa shape index (κ2) is 5.82. The van der Waals surface area contributed by atoms with Gasteiger partial charge in [-0.25, -0.2) is 4.98 Å². The molecule has 0 bridgehead atoms.